The molecule has 0 atom stereocenters. The Kier molecular flexibility index (Phi) is 5.14. The Balaban J connectivity index is 3.12. The molecule has 0 aromatic carbocycles. The summed E-state index contributed by atoms with van der Waals surface area (Å²) in [5.41, 5.74) is 11.1. The Morgan fingerprint density at radius 1 is 1.45 bits per heavy atom. The van der Waals surface area contributed by atoms with Gasteiger partial charge in [-0.1, -0.05) is 0 Å². The van der Waals surface area contributed by atoms with Crippen molar-refractivity contribution in [3.8, 4) is 5.88 Å². The fraction of sp³-hybridized carbons (Fsp3) is 0.455. The molecule has 0 radical (unpaired) electrons. The van der Waals surface area contributed by atoms with Crippen LogP contribution in [-0.2, 0) is 22.5 Å². The van der Waals surface area contributed by atoms with Crippen LogP contribution in [-0.4, -0.2) is 23.9 Å². The Morgan fingerprint density at radius 3 is 2.60 bits per heavy atom. The largest absolute Gasteiger partial charge is 0.574 e. The number of esters is 1. The molecule has 1 aromatic rings. The van der Waals surface area contributed by atoms with Gasteiger partial charge in [0.25, 0.3) is 0 Å². The number of hydrogen-bond acceptors (Lipinski definition) is 6. The molecule has 0 saturated heterocycles. The summed E-state index contributed by atoms with van der Waals surface area (Å²) in [6.45, 7) is 1.72. The Morgan fingerprint density at radius 2 is 2.10 bits per heavy atom. The summed E-state index contributed by atoms with van der Waals surface area (Å²) < 4.78 is 45.0. The molecule has 6 nitrogen and oxygen atoms in total. The second-order valence-corrected chi connectivity index (χ2v) is 3.71. The minimum atomic E-state index is -4.92. The average molecular weight is 293 g/mol. The maximum atomic E-state index is 12.2. The van der Waals surface area contributed by atoms with E-state index in [9.17, 15) is 18.0 Å². The molecule has 0 fully saturated rings. The highest BCUT2D eigenvalue weighted by atomic mass is 19.4. The van der Waals surface area contributed by atoms with Crippen LogP contribution in [0.15, 0.2) is 6.20 Å². The van der Waals surface area contributed by atoms with Crippen molar-refractivity contribution in [3.05, 3.63) is 17.3 Å². The van der Waals surface area contributed by atoms with Crippen LogP contribution in [0.25, 0.3) is 0 Å². The standard InChI is InChI=1S/C11H14F3N3O3/c1-2-19-8(18)3-7-6(4-15)5-17-10(9(7)16)20-11(12,13)14/h5H,2-4,15-16H2,1H3. The predicted octanol–water partition coefficient (Wildman–Crippen LogP) is 1.13. The van der Waals surface area contributed by atoms with E-state index < -0.39 is 18.2 Å². The lowest BCUT2D eigenvalue weighted by Gasteiger charge is -2.15. The third-order valence-electron chi connectivity index (χ3n) is 2.34. The number of aromatic nitrogens is 1. The van der Waals surface area contributed by atoms with Gasteiger partial charge in [0.05, 0.1) is 18.7 Å². The number of nitrogen functional groups attached to an aromatic ring is 1. The molecule has 1 rings (SSSR count). The SMILES string of the molecule is CCOC(=O)Cc1c(CN)cnc(OC(F)(F)F)c1N. The summed E-state index contributed by atoms with van der Waals surface area (Å²) in [5.74, 6) is -1.44. The second-order valence-electron chi connectivity index (χ2n) is 3.71. The van der Waals surface area contributed by atoms with Crippen molar-refractivity contribution in [2.75, 3.05) is 12.3 Å². The third kappa shape index (κ3) is 4.26. The third-order valence-corrected chi connectivity index (χ3v) is 2.34. The summed E-state index contributed by atoms with van der Waals surface area (Å²) in [5, 5.41) is 0. The maximum absolute atomic E-state index is 12.2. The Bertz CT molecular complexity index is 492. The zero-order valence-electron chi connectivity index (χ0n) is 10.7. The molecule has 112 valence electrons. The number of halogens is 3. The van der Waals surface area contributed by atoms with Gasteiger partial charge >= 0.3 is 12.3 Å². The smallest absolute Gasteiger partial charge is 0.466 e. The van der Waals surface area contributed by atoms with Gasteiger partial charge in [0, 0.05) is 12.7 Å². The van der Waals surface area contributed by atoms with Crippen LogP contribution in [0.5, 0.6) is 5.88 Å². The van der Waals surface area contributed by atoms with Gasteiger partial charge in [-0.15, -0.1) is 13.2 Å². The lowest BCUT2D eigenvalue weighted by molar-refractivity contribution is -0.275. The summed E-state index contributed by atoms with van der Waals surface area (Å²) in [7, 11) is 0. The van der Waals surface area contributed by atoms with Gasteiger partial charge in [-0.3, -0.25) is 4.79 Å². The van der Waals surface area contributed by atoms with Gasteiger partial charge in [-0.2, -0.15) is 0 Å². The molecule has 9 heteroatoms. The van der Waals surface area contributed by atoms with Crippen LogP contribution in [0.4, 0.5) is 18.9 Å². The first kappa shape index (κ1) is 16.0. The fourth-order valence-corrected chi connectivity index (χ4v) is 1.52. The monoisotopic (exact) mass is 293 g/mol. The first-order valence-electron chi connectivity index (χ1n) is 5.66. The normalized spacial score (nSPS) is 11.2. The van der Waals surface area contributed by atoms with Crippen LogP contribution < -0.4 is 16.2 Å². The van der Waals surface area contributed by atoms with Crippen molar-refractivity contribution < 1.29 is 27.4 Å². The number of carbonyl (C=O) groups excluding carboxylic acids is 1. The number of alkyl halides is 3. The number of nitrogens with two attached hydrogens (primary N) is 2. The molecule has 0 saturated carbocycles. The van der Waals surface area contributed by atoms with E-state index in [4.69, 9.17) is 16.2 Å². The highest BCUT2D eigenvalue weighted by molar-refractivity contribution is 5.76. The molecule has 0 aliphatic rings. The van der Waals surface area contributed by atoms with E-state index in [1.54, 1.807) is 6.92 Å². The van der Waals surface area contributed by atoms with Gasteiger partial charge < -0.3 is 20.9 Å². The van der Waals surface area contributed by atoms with E-state index in [1.165, 1.54) is 0 Å². The Hall–Kier alpha value is -2.03. The summed E-state index contributed by atoms with van der Waals surface area (Å²) in [6.07, 6.45) is -4.14. The molecule has 0 spiro atoms. The van der Waals surface area contributed by atoms with Crippen molar-refractivity contribution in [2.45, 2.75) is 26.3 Å². The number of carbonyl (C=O) groups is 1. The van der Waals surface area contributed by atoms with Crippen LogP contribution in [0.1, 0.15) is 18.1 Å². The molecule has 1 aromatic heterocycles. The molecule has 0 aliphatic carbocycles. The van der Waals surface area contributed by atoms with Crippen molar-refractivity contribution in [3.63, 3.8) is 0 Å². The minimum Gasteiger partial charge on any atom is -0.466 e. The lowest BCUT2D eigenvalue weighted by atomic mass is 10.1. The molecule has 20 heavy (non-hydrogen) atoms. The lowest BCUT2D eigenvalue weighted by Crippen LogP contribution is -2.21. The van der Waals surface area contributed by atoms with Crippen molar-refractivity contribution in [1.29, 1.82) is 0 Å². The van der Waals surface area contributed by atoms with E-state index in [2.05, 4.69) is 9.72 Å². The van der Waals surface area contributed by atoms with Gasteiger partial charge in [0.2, 0.25) is 5.88 Å². The van der Waals surface area contributed by atoms with E-state index in [0.29, 0.717) is 5.56 Å². The molecule has 0 bridgehead atoms. The number of pyridine rings is 1. The van der Waals surface area contributed by atoms with Crippen molar-refractivity contribution in [1.82, 2.24) is 4.98 Å². The highest BCUT2D eigenvalue weighted by Crippen LogP contribution is 2.30. The molecular weight excluding hydrogens is 279 g/mol. The van der Waals surface area contributed by atoms with Crippen molar-refractivity contribution >= 4 is 11.7 Å². The molecule has 0 unspecified atom stereocenters. The topological polar surface area (TPSA) is 100 Å². The maximum Gasteiger partial charge on any atom is 0.574 e. The molecular formula is C11H14F3N3O3. The minimum absolute atomic E-state index is 0.0295. The van der Waals surface area contributed by atoms with Gasteiger partial charge in [0.1, 0.15) is 0 Å². The van der Waals surface area contributed by atoms with E-state index in [0.717, 1.165) is 6.20 Å². The number of nitrogens with zero attached hydrogens (tertiary/aromatic N) is 1. The van der Waals surface area contributed by atoms with Crippen LogP contribution in [0, 0.1) is 0 Å². The highest BCUT2D eigenvalue weighted by Gasteiger charge is 2.33. The van der Waals surface area contributed by atoms with Crippen molar-refractivity contribution in [2.24, 2.45) is 5.73 Å². The van der Waals surface area contributed by atoms with E-state index in [1.807, 2.05) is 0 Å². The fourth-order valence-electron chi connectivity index (χ4n) is 1.52. The quantitative estimate of drug-likeness (QED) is 0.789. The van der Waals surface area contributed by atoms with E-state index in [-0.39, 0.29) is 30.8 Å². The number of rotatable bonds is 5. The summed E-state index contributed by atoms with van der Waals surface area (Å²) >= 11 is 0. The van der Waals surface area contributed by atoms with Crippen LogP contribution >= 0.6 is 0 Å². The first-order chi connectivity index (χ1) is 9.28. The van der Waals surface area contributed by atoms with Gasteiger partial charge in [-0.25, -0.2) is 4.98 Å². The van der Waals surface area contributed by atoms with Gasteiger partial charge in [0.15, 0.2) is 0 Å². The molecule has 4 N–H and O–H groups in total. The summed E-state index contributed by atoms with van der Waals surface area (Å²) in [6, 6.07) is 0. The predicted molar refractivity (Wildman–Crippen MR) is 63.6 cm³/mol. The Labute approximate surface area is 112 Å². The first-order valence-corrected chi connectivity index (χ1v) is 5.66. The van der Waals surface area contributed by atoms with Crippen LogP contribution in [0.2, 0.25) is 0 Å². The zero-order valence-corrected chi connectivity index (χ0v) is 10.7. The van der Waals surface area contributed by atoms with Gasteiger partial charge in [-0.05, 0) is 18.1 Å². The average Bonchev–Trinajstić information content (AvgIpc) is 2.33. The summed E-state index contributed by atoms with van der Waals surface area (Å²) in [4.78, 5) is 14.9. The number of ether oxygens (including phenoxy) is 2. The second kappa shape index (κ2) is 6.42. The number of hydrogen-bond donors (Lipinski definition) is 2. The van der Waals surface area contributed by atoms with E-state index >= 15 is 0 Å². The molecule has 0 aliphatic heterocycles. The van der Waals surface area contributed by atoms with Crippen LogP contribution in [0.3, 0.4) is 0 Å². The number of anilines is 1. The molecule has 0 amide bonds. The molecule has 1 heterocycles. The zero-order chi connectivity index (χ0) is 15.3.